The van der Waals surface area contributed by atoms with Crippen molar-refractivity contribution in [2.45, 2.75) is 26.5 Å². The highest BCUT2D eigenvalue weighted by Crippen LogP contribution is 2.14. The summed E-state index contributed by atoms with van der Waals surface area (Å²) in [5, 5.41) is 16.5. The molecule has 116 valence electrons. The van der Waals surface area contributed by atoms with Crippen molar-refractivity contribution in [1.82, 2.24) is 15.0 Å². The molecule has 0 aliphatic heterocycles. The van der Waals surface area contributed by atoms with Crippen LogP contribution in [0.25, 0.3) is 0 Å². The Morgan fingerprint density at radius 1 is 1.41 bits per heavy atom. The molecule has 0 spiro atoms. The van der Waals surface area contributed by atoms with Gasteiger partial charge in [0.15, 0.2) is 5.82 Å². The lowest BCUT2D eigenvalue weighted by Crippen LogP contribution is -2.14. The molecule has 0 aliphatic carbocycles. The number of hydrogen-bond donors (Lipinski definition) is 2. The molecule has 0 aliphatic rings. The van der Waals surface area contributed by atoms with Crippen molar-refractivity contribution in [3.63, 3.8) is 0 Å². The summed E-state index contributed by atoms with van der Waals surface area (Å²) in [5.41, 5.74) is 6.64. The van der Waals surface area contributed by atoms with E-state index in [1.807, 2.05) is 0 Å². The van der Waals surface area contributed by atoms with E-state index in [1.54, 1.807) is 26.0 Å². The van der Waals surface area contributed by atoms with Crippen LogP contribution in [0.5, 0.6) is 0 Å². The molecule has 2 rings (SSSR count). The number of anilines is 1. The number of rotatable bonds is 5. The van der Waals surface area contributed by atoms with Crippen molar-refractivity contribution < 1.29 is 19.4 Å². The van der Waals surface area contributed by atoms with Gasteiger partial charge in [-0.2, -0.15) is 0 Å². The number of aromatic carboxylic acids is 1. The Balaban J connectivity index is 2.21. The minimum Gasteiger partial charge on any atom is -0.478 e. The fourth-order valence-electron chi connectivity index (χ4n) is 1.83. The van der Waals surface area contributed by atoms with E-state index >= 15 is 0 Å². The van der Waals surface area contributed by atoms with Gasteiger partial charge in [0.1, 0.15) is 0 Å². The number of benzene rings is 1. The molecule has 1 heterocycles. The topological polar surface area (TPSA) is 120 Å². The second-order valence-corrected chi connectivity index (χ2v) is 4.94. The fourth-order valence-corrected chi connectivity index (χ4v) is 1.83. The van der Waals surface area contributed by atoms with Gasteiger partial charge in [-0.1, -0.05) is 17.3 Å². The third-order valence-corrected chi connectivity index (χ3v) is 2.82. The van der Waals surface area contributed by atoms with Crippen molar-refractivity contribution in [3.05, 3.63) is 41.1 Å². The van der Waals surface area contributed by atoms with Gasteiger partial charge >= 0.3 is 11.9 Å². The number of nitrogen functional groups attached to an aromatic ring is 1. The number of aromatic nitrogens is 3. The van der Waals surface area contributed by atoms with Gasteiger partial charge in [-0.15, -0.1) is 5.10 Å². The lowest BCUT2D eigenvalue weighted by atomic mass is 10.1. The minimum atomic E-state index is -1.02. The van der Waals surface area contributed by atoms with Crippen LogP contribution in [-0.2, 0) is 11.3 Å². The lowest BCUT2D eigenvalue weighted by Gasteiger charge is -2.07. The lowest BCUT2D eigenvalue weighted by molar-refractivity contribution is 0.0371. The van der Waals surface area contributed by atoms with Gasteiger partial charge in [0.05, 0.1) is 18.2 Å². The molecule has 22 heavy (non-hydrogen) atoms. The van der Waals surface area contributed by atoms with Gasteiger partial charge in [-0.05, 0) is 31.5 Å². The molecule has 8 nitrogen and oxygen atoms in total. The van der Waals surface area contributed by atoms with Crippen molar-refractivity contribution in [1.29, 1.82) is 0 Å². The zero-order chi connectivity index (χ0) is 16.3. The first-order chi connectivity index (χ1) is 10.4. The largest absolute Gasteiger partial charge is 0.478 e. The van der Waals surface area contributed by atoms with Crippen LogP contribution in [0.1, 0.15) is 40.3 Å². The number of carboxylic acid groups (broad SMARTS) is 1. The Hall–Kier alpha value is -2.90. The Labute approximate surface area is 126 Å². The number of ether oxygens (including phenoxy) is 1. The number of nitrogens with two attached hydrogens (primary N) is 1. The Morgan fingerprint density at radius 3 is 2.77 bits per heavy atom. The summed E-state index contributed by atoms with van der Waals surface area (Å²) in [6.07, 6.45) is -0.288. The van der Waals surface area contributed by atoms with E-state index in [0.29, 0.717) is 5.56 Å². The minimum absolute atomic E-state index is 0.0527. The molecule has 0 saturated heterocycles. The van der Waals surface area contributed by atoms with E-state index < -0.39 is 11.9 Å². The third-order valence-electron chi connectivity index (χ3n) is 2.82. The molecular weight excluding hydrogens is 288 g/mol. The summed E-state index contributed by atoms with van der Waals surface area (Å²) in [4.78, 5) is 22.7. The number of esters is 1. The van der Waals surface area contributed by atoms with Crippen LogP contribution in [-0.4, -0.2) is 38.1 Å². The van der Waals surface area contributed by atoms with E-state index in [1.165, 1.54) is 16.8 Å². The van der Waals surface area contributed by atoms with Gasteiger partial charge in [-0.25, -0.2) is 14.3 Å². The Morgan fingerprint density at radius 2 is 2.14 bits per heavy atom. The van der Waals surface area contributed by atoms with Gasteiger partial charge < -0.3 is 15.6 Å². The molecule has 0 bridgehead atoms. The molecule has 1 aromatic carbocycles. The van der Waals surface area contributed by atoms with Crippen LogP contribution in [0.2, 0.25) is 0 Å². The van der Waals surface area contributed by atoms with Crippen LogP contribution in [0.4, 0.5) is 5.82 Å². The molecule has 3 N–H and O–H groups in total. The van der Waals surface area contributed by atoms with Crippen LogP contribution >= 0.6 is 0 Å². The predicted molar refractivity (Wildman–Crippen MR) is 77.5 cm³/mol. The molecule has 0 unspecified atom stereocenters. The first-order valence-electron chi connectivity index (χ1n) is 6.60. The first-order valence-corrected chi connectivity index (χ1v) is 6.60. The Kier molecular flexibility index (Phi) is 4.40. The SMILES string of the molecule is CC(C)OC(=O)c1nnn(Cc2cccc(C(=O)O)c2)c1N. The highest BCUT2D eigenvalue weighted by Gasteiger charge is 2.20. The fraction of sp³-hybridized carbons (Fsp3) is 0.286. The summed E-state index contributed by atoms with van der Waals surface area (Å²) in [7, 11) is 0. The van der Waals surface area contributed by atoms with Gasteiger partial charge in [0.25, 0.3) is 0 Å². The molecule has 0 saturated carbocycles. The monoisotopic (exact) mass is 304 g/mol. The molecule has 1 aromatic heterocycles. The summed E-state index contributed by atoms with van der Waals surface area (Å²) in [6, 6.07) is 6.36. The van der Waals surface area contributed by atoms with Gasteiger partial charge in [0.2, 0.25) is 5.69 Å². The summed E-state index contributed by atoms with van der Waals surface area (Å²) in [5.74, 6) is -1.58. The molecule has 8 heteroatoms. The van der Waals surface area contributed by atoms with Crippen LogP contribution in [0, 0.1) is 0 Å². The average molecular weight is 304 g/mol. The smallest absolute Gasteiger partial charge is 0.363 e. The molecule has 0 atom stereocenters. The molecular formula is C14H16N4O4. The second kappa shape index (κ2) is 6.25. The van der Waals surface area contributed by atoms with E-state index in [9.17, 15) is 9.59 Å². The molecule has 0 fully saturated rings. The number of carboxylic acids is 1. The maximum Gasteiger partial charge on any atom is 0.363 e. The number of carbonyl (C=O) groups is 2. The zero-order valence-electron chi connectivity index (χ0n) is 12.2. The van der Waals surface area contributed by atoms with Crippen molar-refractivity contribution in [2.75, 3.05) is 5.73 Å². The van der Waals surface area contributed by atoms with E-state index in [0.717, 1.165) is 0 Å². The average Bonchev–Trinajstić information content (AvgIpc) is 2.80. The third kappa shape index (κ3) is 3.40. The molecule has 0 radical (unpaired) electrons. The van der Waals surface area contributed by atoms with Crippen LogP contribution in [0.3, 0.4) is 0 Å². The predicted octanol–water partition coefficient (Wildman–Crippen LogP) is 1.17. The van der Waals surface area contributed by atoms with Crippen molar-refractivity contribution in [2.24, 2.45) is 0 Å². The van der Waals surface area contributed by atoms with Gasteiger partial charge in [0, 0.05) is 0 Å². The number of hydrogen-bond acceptors (Lipinski definition) is 6. The molecule has 0 amide bonds. The van der Waals surface area contributed by atoms with E-state index in [4.69, 9.17) is 15.6 Å². The van der Waals surface area contributed by atoms with E-state index in [-0.39, 0.29) is 29.7 Å². The van der Waals surface area contributed by atoms with E-state index in [2.05, 4.69) is 10.3 Å². The van der Waals surface area contributed by atoms with Crippen molar-refractivity contribution >= 4 is 17.8 Å². The second-order valence-electron chi connectivity index (χ2n) is 4.94. The summed E-state index contributed by atoms with van der Waals surface area (Å²) in [6.45, 7) is 3.64. The standard InChI is InChI=1S/C14H16N4O4/c1-8(2)22-14(21)11-12(15)18(17-16-11)7-9-4-3-5-10(6-9)13(19)20/h3-6,8H,7,15H2,1-2H3,(H,19,20). The van der Waals surface area contributed by atoms with Crippen LogP contribution < -0.4 is 5.73 Å². The number of carbonyl (C=O) groups excluding carboxylic acids is 1. The normalized spacial score (nSPS) is 10.7. The quantitative estimate of drug-likeness (QED) is 0.795. The first kappa shape index (κ1) is 15.5. The van der Waals surface area contributed by atoms with Gasteiger partial charge in [-0.3, -0.25) is 0 Å². The zero-order valence-corrected chi connectivity index (χ0v) is 12.2. The van der Waals surface area contributed by atoms with Crippen LogP contribution in [0.15, 0.2) is 24.3 Å². The Bertz CT molecular complexity index is 709. The highest BCUT2D eigenvalue weighted by atomic mass is 16.5. The van der Waals surface area contributed by atoms with Crippen molar-refractivity contribution in [3.8, 4) is 0 Å². The summed E-state index contributed by atoms with van der Waals surface area (Å²) < 4.78 is 6.34. The maximum absolute atomic E-state index is 11.8. The maximum atomic E-state index is 11.8. The summed E-state index contributed by atoms with van der Waals surface area (Å²) >= 11 is 0. The highest BCUT2D eigenvalue weighted by molar-refractivity contribution is 5.92. The molecule has 2 aromatic rings. The number of nitrogens with zero attached hydrogens (tertiary/aromatic N) is 3.